The second-order valence-corrected chi connectivity index (χ2v) is 6.93. The first kappa shape index (κ1) is 17.9. The molecule has 2 N–H and O–H groups in total. The molecule has 0 saturated carbocycles. The van der Waals surface area contributed by atoms with Gasteiger partial charge in [0, 0.05) is 37.5 Å². The van der Waals surface area contributed by atoms with E-state index in [0.717, 1.165) is 28.8 Å². The van der Waals surface area contributed by atoms with Gasteiger partial charge in [-0.3, -0.25) is 4.98 Å². The van der Waals surface area contributed by atoms with Gasteiger partial charge < -0.3 is 15.2 Å². The van der Waals surface area contributed by atoms with E-state index < -0.39 is 5.60 Å². The summed E-state index contributed by atoms with van der Waals surface area (Å²) >= 11 is 0. The molecule has 2 aromatic carbocycles. The van der Waals surface area contributed by atoms with Crippen molar-refractivity contribution >= 4 is 0 Å². The van der Waals surface area contributed by atoms with Crippen molar-refractivity contribution in [1.29, 1.82) is 0 Å². The Bertz CT molecular complexity index is 864. The van der Waals surface area contributed by atoms with Gasteiger partial charge in [-0.15, -0.1) is 0 Å². The highest BCUT2D eigenvalue weighted by Crippen LogP contribution is 2.35. The van der Waals surface area contributed by atoms with Gasteiger partial charge in [0.25, 0.3) is 0 Å². The number of pyridine rings is 1. The molecule has 1 fully saturated rings. The maximum atomic E-state index is 11.9. The molecule has 1 aliphatic heterocycles. The summed E-state index contributed by atoms with van der Waals surface area (Å²) in [5, 5.41) is 15.2. The van der Waals surface area contributed by atoms with E-state index in [2.05, 4.69) is 22.4 Å². The second-order valence-electron chi connectivity index (χ2n) is 6.93. The quantitative estimate of drug-likeness (QED) is 0.734. The number of benzene rings is 2. The third-order valence-corrected chi connectivity index (χ3v) is 5.18. The molecule has 0 spiro atoms. The van der Waals surface area contributed by atoms with Gasteiger partial charge in [0.1, 0.15) is 11.7 Å². The Balaban J connectivity index is 1.75. The second kappa shape index (κ2) is 8.01. The zero-order chi connectivity index (χ0) is 18.5. The fraction of sp³-hybridized carbons (Fsp3) is 0.261. The van der Waals surface area contributed by atoms with Crippen LogP contribution in [0, 0.1) is 0 Å². The predicted octanol–water partition coefficient (Wildman–Crippen LogP) is 3.17. The third kappa shape index (κ3) is 3.78. The molecule has 0 amide bonds. The van der Waals surface area contributed by atoms with E-state index in [1.165, 1.54) is 0 Å². The zero-order valence-corrected chi connectivity index (χ0v) is 15.2. The molecule has 2 atom stereocenters. The minimum atomic E-state index is -1.12. The number of hydrogen-bond acceptors (Lipinski definition) is 4. The number of aromatic nitrogens is 1. The highest BCUT2D eigenvalue weighted by molar-refractivity contribution is 5.66. The van der Waals surface area contributed by atoms with Gasteiger partial charge in [0.05, 0.1) is 6.61 Å². The predicted molar refractivity (Wildman–Crippen MR) is 106 cm³/mol. The molecule has 0 aliphatic carbocycles. The lowest BCUT2D eigenvalue weighted by Gasteiger charge is -2.39. The molecule has 1 saturated heterocycles. The van der Waals surface area contributed by atoms with Gasteiger partial charge in [0.15, 0.2) is 0 Å². The minimum absolute atomic E-state index is 0.310. The van der Waals surface area contributed by atoms with Crippen LogP contribution in [-0.4, -0.2) is 35.9 Å². The molecule has 2 heterocycles. The molecule has 4 heteroatoms. The molecular weight excluding hydrogens is 336 g/mol. The largest absolute Gasteiger partial charge is 0.382 e. The lowest BCUT2D eigenvalue weighted by molar-refractivity contribution is -0.124. The summed E-state index contributed by atoms with van der Waals surface area (Å²) in [5.41, 5.74) is 2.97. The Labute approximate surface area is 159 Å². The van der Waals surface area contributed by atoms with E-state index in [1.807, 2.05) is 60.8 Å². The Morgan fingerprint density at radius 2 is 1.85 bits per heavy atom. The SMILES string of the molecule is OC(Cc1ccccc1-c1cccnc1)(c1ccccc1)C1CNCCO1. The van der Waals surface area contributed by atoms with Crippen LogP contribution < -0.4 is 5.32 Å². The Morgan fingerprint density at radius 1 is 1.04 bits per heavy atom. The van der Waals surface area contributed by atoms with E-state index in [4.69, 9.17) is 4.74 Å². The fourth-order valence-electron chi connectivity index (χ4n) is 3.77. The van der Waals surface area contributed by atoms with Crippen molar-refractivity contribution in [2.24, 2.45) is 0 Å². The van der Waals surface area contributed by atoms with Crippen LogP contribution in [0.1, 0.15) is 11.1 Å². The van der Waals surface area contributed by atoms with Crippen LogP contribution in [0.25, 0.3) is 11.1 Å². The van der Waals surface area contributed by atoms with Crippen molar-refractivity contribution < 1.29 is 9.84 Å². The molecule has 4 rings (SSSR count). The van der Waals surface area contributed by atoms with Gasteiger partial charge in [-0.25, -0.2) is 0 Å². The average Bonchev–Trinajstić information content (AvgIpc) is 2.76. The zero-order valence-electron chi connectivity index (χ0n) is 15.2. The van der Waals surface area contributed by atoms with Crippen LogP contribution in [0.15, 0.2) is 79.1 Å². The Kier molecular flexibility index (Phi) is 5.30. The number of hydrogen-bond donors (Lipinski definition) is 2. The van der Waals surface area contributed by atoms with Crippen molar-refractivity contribution in [1.82, 2.24) is 10.3 Å². The monoisotopic (exact) mass is 360 g/mol. The van der Waals surface area contributed by atoms with Crippen LogP contribution in [0.5, 0.6) is 0 Å². The number of morpholine rings is 1. The molecule has 3 aromatic rings. The molecular formula is C23H24N2O2. The maximum absolute atomic E-state index is 11.9. The van der Waals surface area contributed by atoms with Gasteiger partial charge in [-0.2, -0.15) is 0 Å². The van der Waals surface area contributed by atoms with E-state index >= 15 is 0 Å². The van der Waals surface area contributed by atoms with Gasteiger partial charge in [-0.05, 0) is 22.8 Å². The van der Waals surface area contributed by atoms with Crippen molar-refractivity contribution in [3.05, 3.63) is 90.3 Å². The van der Waals surface area contributed by atoms with E-state index in [9.17, 15) is 5.11 Å². The first-order chi connectivity index (χ1) is 13.3. The summed E-state index contributed by atoms with van der Waals surface area (Å²) in [6.07, 6.45) is 3.79. The molecule has 138 valence electrons. The van der Waals surface area contributed by atoms with Crippen LogP contribution in [-0.2, 0) is 16.8 Å². The molecule has 27 heavy (non-hydrogen) atoms. The van der Waals surface area contributed by atoms with E-state index in [-0.39, 0.29) is 6.10 Å². The lowest BCUT2D eigenvalue weighted by Crippen LogP contribution is -2.52. The molecule has 0 radical (unpaired) electrons. The van der Waals surface area contributed by atoms with Crippen molar-refractivity contribution in [3.8, 4) is 11.1 Å². The molecule has 1 aromatic heterocycles. The molecule has 2 unspecified atom stereocenters. The van der Waals surface area contributed by atoms with Crippen LogP contribution in [0.3, 0.4) is 0 Å². The normalized spacial score (nSPS) is 19.4. The number of rotatable bonds is 5. The van der Waals surface area contributed by atoms with Crippen LogP contribution >= 0.6 is 0 Å². The summed E-state index contributed by atoms with van der Waals surface area (Å²) in [5.74, 6) is 0. The first-order valence-electron chi connectivity index (χ1n) is 9.36. The number of ether oxygens (including phenoxy) is 1. The smallest absolute Gasteiger partial charge is 0.121 e. The van der Waals surface area contributed by atoms with Gasteiger partial charge in [0.2, 0.25) is 0 Å². The van der Waals surface area contributed by atoms with Gasteiger partial charge >= 0.3 is 0 Å². The van der Waals surface area contributed by atoms with Crippen molar-refractivity contribution in [2.45, 2.75) is 18.1 Å². The Hall–Kier alpha value is -2.53. The van der Waals surface area contributed by atoms with Gasteiger partial charge in [-0.1, -0.05) is 60.7 Å². The van der Waals surface area contributed by atoms with Crippen molar-refractivity contribution in [3.63, 3.8) is 0 Å². The topological polar surface area (TPSA) is 54.4 Å². The molecule has 1 aliphatic rings. The standard InChI is InChI=1S/C23H24N2O2/c26-23(20-9-2-1-3-10-20,22-17-25-13-14-27-22)15-18-7-4-5-11-21(18)19-8-6-12-24-16-19/h1-12,16,22,25-26H,13-15,17H2. The highest BCUT2D eigenvalue weighted by Gasteiger charge is 2.40. The molecule has 4 nitrogen and oxygen atoms in total. The number of aliphatic hydroxyl groups is 1. The first-order valence-corrected chi connectivity index (χ1v) is 9.36. The number of nitrogens with one attached hydrogen (secondary N) is 1. The van der Waals surface area contributed by atoms with Crippen molar-refractivity contribution in [2.75, 3.05) is 19.7 Å². The fourth-order valence-corrected chi connectivity index (χ4v) is 3.77. The molecule has 0 bridgehead atoms. The summed E-state index contributed by atoms with van der Waals surface area (Å²) in [6, 6.07) is 22.0. The van der Waals surface area contributed by atoms with Crippen LogP contribution in [0.4, 0.5) is 0 Å². The van der Waals surface area contributed by atoms with Crippen LogP contribution in [0.2, 0.25) is 0 Å². The van der Waals surface area contributed by atoms with E-state index in [1.54, 1.807) is 6.20 Å². The lowest BCUT2D eigenvalue weighted by atomic mass is 9.80. The minimum Gasteiger partial charge on any atom is -0.382 e. The highest BCUT2D eigenvalue weighted by atomic mass is 16.5. The number of nitrogens with zero attached hydrogens (tertiary/aromatic N) is 1. The summed E-state index contributed by atoms with van der Waals surface area (Å²) in [7, 11) is 0. The third-order valence-electron chi connectivity index (χ3n) is 5.18. The maximum Gasteiger partial charge on any atom is 0.121 e. The average molecular weight is 360 g/mol. The summed E-state index contributed by atoms with van der Waals surface area (Å²) in [6.45, 7) is 2.04. The van der Waals surface area contributed by atoms with E-state index in [0.29, 0.717) is 19.6 Å². The summed E-state index contributed by atoms with van der Waals surface area (Å²) in [4.78, 5) is 4.25. The summed E-state index contributed by atoms with van der Waals surface area (Å²) < 4.78 is 5.99. The Morgan fingerprint density at radius 3 is 2.59 bits per heavy atom.